The average Bonchev–Trinajstić information content (AvgIpc) is 2.96. The van der Waals surface area contributed by atoms with E-state index in [0.717, 1.165) is 11.1 Å². The third kappa shape index (κ3) is 2.73. The molecule has 3 aromatic rings. The maximum absolute atomic E-state index is 10.9. The highest BCUT2D eigenvalue weighted by molar-refractivity contribution is 5.34. The van der Waals surface area contributed by atoms with E-state index in [-0.39, 0.29) is 5.92 Å². The van der Waals surface area contributed by atoms with Gasteiger partial charge in [0.05, 0.1) is 0 Å². The second-order valence-corrected chi connectivity index (χ2v) is 5.14. The number of aliphatic hydroxyl groups excluding tert-OH is 1. The Labute approximate surface area is 124 Å². The molecule has 106 valence electrons. The highest BCUT2D eigenvalue weighted by atomic mass is 16.3. The van der Waals surface area contributed by atoms with Gasteiger partial charge in [-0.05, 0) is 11.1 Å². The number of hydrogen-bond acceptors (Lipinski definition) is 2. The van der Waals surface area contributed by atoms with Gasteiger partial charge in [-0.15, -0.1) is 0 Å². The molecular weight excluding hydrogens is 260 g/mol. The molecule has 1 N–H and O–H groups in total. The van der Waals surface area contributed by atoms with Gasteiger partial charge < -0.3 is 9.67 Å². The maximum Gasteiger partial charge on any atom is 0.138 e. The number of aliphatic hydroxyl groups is 1. The predicted molar refractivity (Wildman–Crippen MR) is 82.9 cm³/mol. The monoisotopic (exact) mass is 278 g/mol. The molecular formula is C18H18N2O. The first-order valence-electron chi connectivity index (χ1n) is 7.02. The fourth-order valence-electron chi connectivity index (χ4n) is 2.69. The summed E-state index contributed by atoms with van der Waals surface area (Å²) in [7, 11) is 1.90. The van der Waals surface area contributed by atoms with Gasteiger partial charge >= 0.3 is 0 Å². The summed E-state index contributed by atoms with van der Waals surface area (Å²) in [6.07, 6.45) is 2.88. The fraction of sp³-hybridized carbons (Fsp3) is 0.167. The SMILES string of the molecule is Cn1ccnc1C(O)C(c1ccccc1)c1ccccc1. The van der Waals surface area contributed by atoms with Crippen molar-refractivity contribution in [1.29, 1.82) is 0 Å². The van der Waals surface area contributed by atoms with E-state index in [1.54, 1.807) is 6.20 Å². The minimum Gasteiger partial charge on any atom is -0.384 e. The summed E-state index contributed by atoms with van der Waals surface area (Å²) in [5, 5.41) is 10.9. The van der Waals surface area contributed by atoms with Gasteiger partial charge in [-0.2, -0.15) is 0 Å². The van der Waals surface area contributed by atoms with E-state index in [1.165, 1.54) is 0 Å². The van der Waals surface area contributed by atoms with E-state index in [1.807, 2.05) is 78.5 Å². The summed E-state index contributed by atoms with van der Waals surface area (Å²) in [4.78, 5) is 4.30. The number of nitrogens with zero attached hydrogens (tertiary/aromatic N) is 2. The second kappa shape index (κ2) is 5.94. The van der Waals surface area contributed by atoms with Gasteiger partial charge in [0.25, 0.3) is 0 Å². The zero-order valence-corrected chi connectivity index (χ0v) is 11.9. The lowest BCUT2D eigenvalue weighted by Crippen LogP contribution is -2.16. The quantitative estimate of drug-likeness (QED) is 0.795. The van der Waals surface area contributed by atoms with Crippen molar-refractivity contribution in [3.05, 3.63) is 90.0 Å². The van der Waals surface area contributed by atoms with Crippen LogP contribution in [0.2, 0.25) is 0 Å². The Bertz CT molecular complexity index is 652. The lowest BCUT2D eigenvalue weighted by Gasteiger charge is -2.23. The van der Waals surface area contributed by atoms with E-state index in [4.69, 9.17) is 0 Å². The van der Waals surface area contributed by atoms with Crippen molar-refractivity contribution in [3.8, 4) is 0 Å². The molecule has 1 heterocycles. The molecule has 3 nitrogen and oxygen atoms in total. The lowest BCUT2D eigenvalue weighted by atomic mass is 9.86. The maximum atomic E-state index is 10.9. The van der Waals surface area contributed by atoms with Crippen LogP contribution in [0.25, 0.3) is 0 Å². The molecule has 0 aliphatic heterocycles. The third-order valence-electron chi connectivity index (χ3n) is 3.76. The zero-order valence-electron chi connectivity index (χ0n) is 11.9. The minimum absolute atomic E-state index is 0.131. The van der Waals surface area contributed by atoms with Crippen LogP contribution in [0.3, 0.4) is 0 Å². The summed E-state index contributed by atoms with van der Waals surface area (Å²) in [6, 6.07) is 20.1. The molecule has 0 aliphatic rings. The van der Waals surface area contributed by atoms with Crippen LogP contribution in [0.4, 0.5) is 0 Å². The molecule has 0 fully saturated rings. The summed E-state index contributed by atoms with van der Waals surface area (Å²) in [5.41, 5.74) is 2.17. The summed E-state index contributed by atoms with van der Waals surface area (Å²) >= 11 is 0. The van der Waals surface area contributed by atoms with Crippen molar-refractivity contribution in [2.45, 2.75) is 12.0 Å². The van der Waals surface area contributed by atoms with Crippen LogP contribution in [0.1, 0.15) is 29.0 Å². The van der Waals surface area contributed by atoms with Crippen molar-refractivity contribution in [3.63, 3.8) is 0 Å². The Morgan fingerprint density at radius 2 is 1.43 bits per heavy atom. The molecule has 0 saturated carbocycles. The normalized spacial score (nSPS) is 12.5. The van der Waals surface area contributed by atoms with E-state index in [9.17, 15) is 5.11 Å². The molecule has 0 saturated heterocycles. The second-order valence-electron chi connectivity index (χ2n) is 5.14. The molecule has 0 bridgehead atoms. The molecule has 1 aromatic heterocycles. The summed E-state index contributed by atoms with van der Waals surface area (Å²) < 4.78 is 1.86. The molecule has 0 amide bonds. The van der Waals surface area contributed by atoms with Gasteiger partial charge in [-0.25, -0.2) is 4.98 Å². The van der Waals surface area contributed by atoms with Gasteiger partial charge in [0.2, 0.25) is 0 Å². The Morgan fingerprint density at radius 3 is 1.86 bits per heavy atom. The van der Waals surface area contributed by atoms with Crippen LogP contribution in [-0.2, 0) is 7.05 Å². The van der Waals surface area contributed by atoms with E-state index in [2.05, 4.69) is 4.98 Å². The molecule has 2 aromatic carbocycles. The van der Waals surface area contributed by atoms with Crippen molar-refractivity contribution in [2.24, 2.45) is 7.05 Å². The van der Waals surface area contributed by atoms with Gasteiger partial charge in [-0.1, -0.05) is 60.7 Å². The number of aromatic nitrogens is 2. The molecule has 0 aliphatic carbocycles. The molecule has 0 spiro atoms. The number of aryl methyl sites for hydroxylation is 1. The fourth-order valence-corrected chi connectivity index (χ4v) is 2.69. The Balaban J connectivity index is 2.07. The molecule has 1 atom stereocenters. The van der Waals surface area contributed by atoms with Crippen molar-refractivity contribution in [1.82, 2.24) is 9.55 Å². The number of hydrogen-bond donors (Lipinski definition) is 1. The third-order valence-corrected chi connectivity index (χ3v) is 3.76. The summed E-state index contributed by atoms with van der Waals surface area (Å²) in [5.74, 6) is 0.543. The zero-order chi connectivity index (χ0) is 14.7. The molecule has 1 unspecified atom stereocenters. The Kier molecular flexibility index (Phi) is 3.84. The molecule has 21 heavy (non-hydrogen) atoms. The number of benzene rings is 2. The van der Waals surface area contributed by atoms with Crippen molar-refractivity contribution >= 4 is 0 Å². The highest BCUT2D eigenvalue weighted by Gasteiger charge is 2.27. The van der Waals surface area contributed by atoms with E-state index in [0.29, 0.717) is 5.82 Å². The molecule has 3 rings (SSSR count). The van der Waals surface area contributed by atoms with Gasteiger partial charge in [0.15, 0.2) is 0 Å². The average molecular weight is 278 g/mol. The molecule has 3 heteroatoms. The Hall–Kier alpha value is -2.39. The van der Waals surface area contributed by atoms with Crippen molar-refractivity contribution < 1.29 is 5.11 Å². The van der Waals surface area contributed by atoms with Crippen LogP contribution in [0.5, 0.6) is 0 Å². The number of rotatable bonds is 4. The van der Waals surface area contributed by atoms with Crippen LogP contribution >= 0.6 is 0 Å². The summed E-state index contributed by atoms with van der Waals surface area (Å²) in [6.45, 7) is 0. The van der Waals surface area contributed by atoms with Gasteiger partial charge in [-0.3, -0.25) is 0 Å². The first-order valence-corrected chi connectivity index (χ1v) is 7.02. The first-order chi connectivity index (χ1) is 10.3. The largest absolute Gasteiger partial charge is 0.384 e. The predicted octanol–water partition coefficient (Wildman–Crippen LogP) is 3.29. The van der Waals surface area contributed by atoms with Crippen molar-refractivity contribution in [2.75, 3.05) is 0 Å². The van der Waals surface area contributed by atoms with E-state index < -0.39 is 6.10 Å². The topological polar surface area (TPSA) is 38.0 Å². The van der Waals surface area contributed by atoms with Gasteiger partial charge in [0, 0.05) is 25.4 Å². The van der Waals surface area contributed by atoms with E-state index >= 15 is 0 Å². The van der Waals surface area contributed by atoms with Crippen LogP contribution in [0, 0.1) is 0 Å². The standard InChI is InChI=1S/C18H18N2O/c1-20-13-12-19-18(20)17(21)16(14-8-4-2-5-9-14)15-10-6-3-7-11-15/h2-13,16-17,21H,1H3. The molecule has 0 radical (unpaired) electrons. The lowest BCUT2D eigenvalue weighted by molar-refractivity contribution is 0.146. The Morgan fingerprint density at radius 1 is 0.905 bits per heavy atom. The van der Waals surface area contributed by atoms with Crippen LogP contribution in [0.15, 0.2) is 73.1 Å². The van der Waals surface area contributed by atoms with Gasteiger partial charge in [0.1, 0.15) is 11.9 Å². The van der Waals surface area contributed by atoms with Crippen LogP contribution < -0.4 is 0 Å². The minimum atomic E-state index is -0.685. The highest BCUT2D eigenvalue weighted by Crippen LogP contribution is 2.35. The number of imidazole rings is 1. The smallest absolute Gasteiger partial charge is 0.138 e. The first kappa shape index (κ1) is 13.6. The van der Waals surface area contributed by atoms with Crippen LogP contribution in [-0.4, -0.2) is 14.7 Å².